The SMILES string of the molecule is COC(C)c1noc(CN2CCCC2c2cccs2)n1. The summed E-state index contributed by atoms with van der Waals surface area (Å²) in [6, 6.07) is 4.81. The first-order chi connectivity index (χ1) is 9.78. The van der Waals surface area contributed by atoms with Crippen LogP contribution in [0.5, 0.6) is 0 Å². The van der Waals surface area contributed by atoms with Crippen molar-refractivity contribution in [2.75, 3.05) is 13.7 Å². The topological polar surface area (TPSA) is 51.4 Å². The van der Waals surface area contributed by atoms with Gasteiger partial charge in [0.1, 0.15) is 6.10 Å². The Morgan fingerprint density at radius 3 is 3.25 bits per heavy atom. The van der Waals surface area contributed by atoms with Crippen LogP contribution in [0.1, 0.15) is 48.5 Å². The van der Waals surface area contributed by atoms with Crippen molar-refractivity contribution in [1.29, 1.82) is 0 Å². The highest BCUT2D eigenvalue weighted by atomic mass is 32.1. The van der Waals surface area contributed by atoms with E-state index in [0.717, 1.165) is 6.54 Å². The zero-order chi connectivity index (χ0) is 13.9. The van der Waals surface area contributed by atoms with E-state index in [1.165, 1.54) is 17.7 Å². The first kappa shape index (κ1) is 13.7. The van der Waals surface area contributed by atoms with Gasteiger partial charge in [-0.25, -0.2) is 0 Å². The van der Waals surface area contributed by atoms with Gasteiger partial charge in [0.15, 0.2) is 5.82 Å². The second-order valence-corrected chi connectivity index (χ2v) is 6.05. The van der Waals surface area contributed by atoms with Crippen LogP contribution in [0.2, 0.25) is 0 Å². The van der Waals surface area contributed by atoms with Crippen LogP contribution < -0.4 is 0 Å². The molecule has 2 aromatic heterocycles. The van der Waals surface area contributed by atoms with Crippen LogP contribution >= 0.6 is 11.3 Å². The van der Waals surface area contributed by atoms with Gasteiger partial charge in [-0.2, -0.15) is 4.98 Å². The van der Waals surface area contributed by atoms with Crippen molar-refractivity contribution >= 4 is 11.3 Å². The quantitative estimate of drug-likeness (QED) is 0.847. The Balaban J connectivity index is 1.69. The third kappa shape index (κ3) is 2.77. The van der Waals surface area contributed by atoms with Gasteiger partial charge in [-0.3, -0.25) is 4.90 Å². The molecular weight excluding hydrogens is 274 g/mol. The van der Waals surface area contributed by atoms with Crippen LogP contribution in [-0.2, 0) is 11.3 Å². The third-order valence-electron chi connectivity index (χ3n) is 3.77. The minimum Gasteiger partial charge on any atom is -0.374 e. The van der Waals surface area contributed by atoms with Gasteiger partial charge in [0.25, 0.3) is 0 Å². The van der Waals surface area contributed by atoms with E-state index in [2.05, 4.69) is 32.6 Å². The lowest BCUT2D eigenvalue weighted by molar-refractivity contribution is 0.109. The van der Waals surface area contributed by atoms with E-state index in [0.29, 0.717) is 24.3 Å². The lowest BCUT2D eigenvalue weighted by Crippen LogP contribution is -2.22. The molecule has 0 aliphatic carbocycles. The molecule has 108 valence electrons. The zero-order valence-electron chi connectivity index (χ0n) is 11.8. The molecule has 1 aliphatic heterocycles. The molecule has 20 heavy (non-hydrogen) atoms. The molecule has 2 atom stereocenters. The molecule has 0 radical (unpaired) electrons. The number of thiophene rings is 1. The Kier molecular flexibility index (Phi) is 4.14. The highest BCUT2D eigenvalue weighted by molar-refractivity contribution is 7.10. The summed E-state index contributed by atoms with van der Waals surface area (Å²) < 4.78 is 10.5. The predicted octanol–water partition coefficient (Wildman–Crippen LogP) is 3.18. The molecule has 5 nitrogen and oxygen atoms in total. The highest BCUT2D eigenvalue weighted by Gasteiger charge is 2.28. The number of rotatable bonds is 5. The minimum atomic E-state index is -0.126. The van der Waals surface area contributed by atoms with Gasteiger partial charge >= 0.3 is 0 Å². The number of hydrogen-bond donors (Lipinski definition) is 0. The van der Waals surface area contributed by atoms with Crippen molar-refractivity contribution in [2.24, 2.45) is 0 Å². The van der Waals surface area contributed by atoms with E-state index < -0.39 is 0 Å². The van der Waals surface area contributed by atoms with Crippen molar-refractivity contribution in [3.05, 3.63) is 34.1 Å². The molecule has 0 spiro atoms. The molecule has 0 amide bonds. The molecule has 1 saturated heterocycles. The Morgan fingerprint density at radius 1 is 1.60 bits per heavy atom. The molecule has 2 unspecified atom stereocenters. The van der Waals surface area contributed by atoms with Crippen LogP contribution in [-0.4, -0.2) is 28.7 Å². The van der Waals surface area contributed by atoms with Crippen LogP contribution in [0.25, 0.3) is 0 Å². The fourth-order valence-corrected chi connectivity index (χ4v) is 3.49. The fraction of sp³-hybridized carbons (Fsp3) is 0.571. The lowest BCUT2D eigenvalue weighted by atomic mass is 10.2. The molecule has 2 aromatic rings. The Labute approximate surface area is 122 Å². The predicted molar refractivity (Wildman–Crippen MR) is 76.4 cm³/mol. The monoisotopic (exact) mass is 293 g/mol. The van der Waals surface area contributed by atoms with Gasteiger partial charge in [0.2, 0.25) is 5.89 Å². The first-order valence-corrected chi connectivity index (χ1v) is 7.78. The maximum absolute atomic E-state index is 5.34. The van der Waals surface area contributed by atoms with E-state index in [9.17, 15) is 0 Å². The van der Waals surface area contributed by atoms with Gasteiger partial charge < -0.3 is 9.26 Å². The van der Waals surface area contributed by atoms with Gasteiger partial charge in [-0.15, -0.1) is 11.3 Å². The first-order valence-electron chi connectivity index (χ1n) is 6.90. The molecule has 1 fully saturated rings. The van der Waals surface area contributed by atoms with Crippen LogP contribution in [0, 0.1) is 0 Å². The van der Waals surface area contributed by atoms with Gasteiger partial charge in [-0.1, -0.05) is 11.2 Å². The summed E-state index contributed by atoms with van der Waals surface area (Å²) in [6.45, 7) is 3.71. The largest absolute Gasteiger partial charge is 0.374 e. The summed E-state index contributed by atoms with van der Waals surface area (Å²) in [5, 5.41) is 6.12. The Morgan fingerprint density at radius 2 is 2.50 bits per heavy atom. The lowest BCUT2D eigenvalue weighted by Gasteiger charge is -2.21. The maximum atomic E-state index is 5.34. The van der Waals surface area contributed by atoms with Crippen molar-refractivity contribution in [3.63, 3.8) is 0 Å². The van der Waals surface area contributed by atoms with Crippen LogP contribution in [0.4, 0.5) is 0 Å². The molecule has 1 aliphatic rings. The third-order valence-corrected chi connectivity index (χ3v) is 4.75. The molecule has 3 heterocycles. The normalized spacial score (nSPS) is 21.4. The van der Waals surface area contributed by atoms with E-state index in [1.807, 2.05) is 18.3 Å². The molecular formula is C14H19N3O2S. The summed E-state index contributed by atoms with van der Waals surface area (Å²) in [4.78, 5) is 8.26. The average molecular weight is 293 g/mol. The summed E-state index contributed by atoms with van der Waals surface area (Å²) >= 11 is 1.82. The molecule has 0 saturated carbocycles. The molecule has 6 heteroatoms. The summed E-state index contributed by atoms with van der Waals surface area (Å²) in [5.74, 6) is 1.29. The fourth-order valence-electron chi connectivity index (χ4n) is 2.59. The minimum absolute atomic E-state index is 0.126. The zero-order valence-corrected chi connectivity index (χ0v) is 12.6. The number of methoxy groups -OCH3 is 1. The standard InChI is InChI=1S/C14H19N3O2S/c1-10(18-2)14-15-13(19-16-14)9-17-7-3-5-11(17)12-6-4-8-20-12/h4,6,8,10-11H,3,5,7,9H2,1-2H3. The smallest absolute Gasteiger partial charge is 0.240 e. The van der Waals surface area contributed by atoms with E-state index in [4.69, 9.17) is 9.26 Å². The Bertz CT molecular complexity index is 540. The number of hydrogen-bond acceptors (Lipinski definition) is 6. The van der Waals surface area contributed by atoms with Crippen LogP contribution in [0.15, 0.2) is 22.0 Å². The van der Waals surface area contributed by atoms with Crippen LogP contribution in [0.3, 0.4) is 0 Å². The van der Waals surface area contributed by atoms with Crippen molar-refractivity contribution in [3.8, 4) is 0 Å². The molecule has 0 bridgehead atoms. The maximum Gasteiger partial charge on any atom is 0.240 e. The van der Waals surface area contributed by atoms with Crippen molar-refractivity contribution in [2.45, 2.75) is 38.5 Å². The summed E-state index contributed by atoms with van der Waals surface area (Å²) in [5.41, 5.74) is 0. The van der Waals surface area contributed by atoms with Gasteiger partial charge in [-0.05, 0) is 37.8 Å². The second-order valence-electron chi connectivity index (χ2n) is 5.07. The van der Waals surface area contributed by atoms with E-state index in [1.54, 1.807) is 7.11 Å². The van der Waals surface area contributed by atoms with Crippen molar-refractivity contribution < 1.29 is 9.26 Å². The van der Waals surface area contributed by atoms with E-state index >= 15 is 0 Å². The second kappa shape index (κ2) is 6.03. The number of aromatic nitrogens is 2. The van der Waals surface area contributed by atoms with E-state index in [-0.39, 0.29) is 6.10 Å². The molecule has 0 N–H and O–H groups in total. The van der Waals surface area contributed by atoms with Gasteiger partial charge in [0.05, 0.1) is 6.54 Å². The average Bonchev–Trinajstić information content (AvgIpc) is 3.18. The highest BCUT2D eigenvalue weighted by Crippen LogP contribution is 2.35. The van der Waals surface area contributed by atoms with Crippen molar-refractivity contribution in [1.82, 2.24) is 15.0 Å². The number of nitrogens with zero attached hydrogens (tertiary/aromatic N) is 3. The Hall–Kier alpha value is -1.24. The number of ether oxygens (including phenoxy) is 1. The molecule has 3 rings (SSSR count). The summed E-state index contributed by atoms with van der Waals surface area (Å²) in [7, 11) is 1.65. The number of likely N-dealkylation sites (tertiary alicyclic amines) is 1. The molecule has 0 aromatic carbocycles. The van der Waals surface area contributed by atoms with Gasteiger partial charge in [0, 0.05) is 18.0 Å². The summed E-state index contributed by atoms with van der Waals surface area (Å²) in [6.07, 6.45) is 2.30.